The number of hydrogen-bond donors (Lipinski definition) is 1. The molecule has 2 unspecified atom stereocenters. The molecule has 0 bridgehead atoms. The van der Waals surface area contributed by atoms with Gasteiger partial charge in [0.15, 0.2) is 0 Å². The van der Waals surface area contributed by atoms with Crippen LogP contribution < -0.4 is 0 Å². The molecule has 0 fully saturated rings. The van der Waals surface area contributed by atoms with E-state index in [1.54, 1.807) is 0 Å². The molecule has 0 radical (unpaired) electrons. The Bertz CT molecular complexity index is 797. The van der Waals surface area contributed by atoms with E-state index in [-0.39, 0.29) is 25.8 Å². The average Bonchev–Trinajstić information content (AvgIpc) is 2.99. The summed E-state index contributed by atoms with van der Waals surface area (Å²) in [6.07, 6.45) is 32.4. The Morgan fingerprint density at radius 3 is 1.78 bits per heavy atom. The molecule has 9 heteroatoms. The minimum atomic E-state index is -4.25. The number of rotatable bonds is 34. The van der Waals surface area contributed by atoms with Crippen molar-refractivity contribution in [1.82, 2.24) is 0 Å². The Labute approximate surface area is 283 Å². The number of ether oxygens (including phenoxy) is 2. The van der Waals surface area contributed by atoms with Crippen LogP contribution in [0.1, 0.15) is 149 Å². The Morgan fingerprint density at radius 2 is 1.20 bits per heavy atom. The summed E-state index contributed by atoms with van der Waals surface area (Å²) < 4.78 is 34.6. The molecule has 0 spiro atoms. The van der Waals surface area contributed by atoms with Crippen LogP contribution in [0, 0.1) is 0 Å². The van der Waals surface area contributed by atoms with Gasteiger partial charge in [-0.25, -0.2) is 4.57 Å². The SMILES string of the molecule is CCCCCC/C=C\C/C=C\CCCCCCCCCCOCC(COP(=O)(O)OCC[N+](C)(C)C)OC(=O)CCCCCCC. The highest BCUT2D eigenvalue weighted by Gasteiger charge is 2.26. The van der Waals surface area contributed by atoms with Crippen molar-refractivity contribution in [3.05, 3.63) is 24.3 Å². The maximum absolute atomic E-state index is 12.4. The van der Waals surface area contributed by atoms with Gasteiger partial charge in [0.2, 0.25) is 0 Å². The predicted octanol–water partition coefficient (Wildman–Crippen LogP) is 10.1. The third-order valence-electron chi connectivity index (χ3n) is 7.77. The van der Waals surface area contributed by atoms with Crippen LogP contribution in [-0.2, 0) is 27.9 Å². The fourth-order valence-electron chi connectivity index (χ4n) is 4.82. The van der Waals surface area contributed by atoms with Gasteiger partial charge in [0.25, 0.3) is 0 Å². The number of carbonyl (C=O) groups is 1. The largest absolute Gasteiger partial charge is 0.472 e. The second-order valence-corrected chi connectivity index (χ2v) is 15.1. The minimum Gasteiger partial charge on any atom is -0.457 e. The topological polar surface area (TPSA) is 91.3 Å². The van der Waals surface area contributed by atoms with Gasteiger partial charge >= 0.3 is 13.8 Å². The number of hydrogen-bond acceptors (Lipinski definition) is 6. The Kier molecular flexibility index (Phi) is 30.6. The van der Waals surface area contributed by atoms with Crippen molar-refractivity contribution < 1.29 is 37.3 Å². The Morgan fingerprint density at radius 1 is 0.674 bits per heavy atom. The third kappa shape index (κ3) is 34.3. The maximum atomic E-state index is 12.4. The maximum Gasteiger partial charge on any atom is 0.472 e. The summed E-state index contributed by atoms with van der Waals surface area (Å²) >= 11 is 0. The molecule has 0 aliphatic rings. The molecular formula is C37H73NO7P+. The van der Waals surface area contributed by atoms with E-state index in [1.807, 2.05) is 21.1 Å². The second-order valence-electron chi connectivity index (χ2n) is 13.6. The van der Waals surface area contributed by atoms with E-state index in [9.17, 15) is 14.3 Å². The van der Waals surface area contributed by atoms with Gasteiger partial charge in [-0.05, 0) is 44.9 Å². The van der Waals surface area contributed by atoms with Crippen LogP contribution in [-0.4, -0.2) is 75.6 Å². The lowest BCUT2D eigenvalue weighted by Crippen LogP contribution is -2.37. The highest BCUT2D eigenvalue weighted by atomic mass is 31.2. The number of allylic oxidation sites excluding steroid dienone is 4. The molecule has 46 heavy (non-hydrogen) atoms. The van der Waals surface area contributed by atoms with Crippen molar-refractivity contribution >= 4 is 13.8 Å². The predicted molar refractivity (Wildman–Crippen MR) is 192 cm³/mol. The minimum absolute atomic E-state index is 0.0880. The van der Waals surface area contributed by atoms with E-state index in [4.69, 9.17) is 18.5 Å². The number of phosphoric ester groups is 1. The van der Waals surface area contributed by atoms with Crippen molar-refractivity contribution in [2.75, 3.05) is 54.1 Å². The van der Waals surface area contributed by atoms with Gasteiger partial charge in [-0.1, -0.05) is 122 Å². The summed E-state index contributed by atoms with van der Waals surface area (Å²) in [6.45, 7) is 5.50. The van der Waals surface area contributed by atoms with E-state index in [2.05, 4.69) is 38.2 Å². The first-order valence-corrected chi connectivity index (χ1v) is 20.1. The first kappa shape index (κ1) is 45.0. The molecule has 8 nitrogen and oxygen atoms in total. The Balaban J connectivity index is 4.09. The number of carbonyl (C=O) groups excluding carboxylic acids is 1. The molecule has 0 amide bonds. The molecule has 2 atom stereocenters. The fourth-order valence-corrected chi connectivity index (χ4v) is 5.56. The van der Waals surface area contributed by atoms with Gasteiger partial charge in [-0.3, -0.25) is 13.8 Å². The molecular weight excluding hydrogens is 601 g/mol. The smallest absolute Gasteiger partial charge is 0.457 e. The van der Waals surface area contributed by atoms with Crippen LogP contribution in [0.15, 0.2) is 24.3 Å². The van der Waals surface area contributed by atoms with Crippen LogP contribution >= 0.6 is 7.82 Å². The van der Waals surface area contributed by atoms with Crippen LogP contribution in [0.4, 0.5) is 0 Å². The molecule has 0 rings (SSSR count). The fraction of sp³-hybridized carbons (Fsp3) is 0.865. The van der Waals surface area contributed by atoms with Crippen molar-refractivity contribution in [2.45, 2.75) is 155 Å². The number of esters is 1. The molecule has 0 saturated heterocycles. The first-order chi connectivity index (χ1) is 22.1. The lowest BCUT2D eigenvalue weighted by molar-refractivity contribution is -0.870. The van der Waals surface area contributed by atoms with E-state index in [0.717, 1.165) is 51.4 Å². The van der Waals surface area contributed by atoms with Crippen LogP contribution in [0.25, 0.3) is 0 Å². The van der Waals surface area contributed by atoms with Crippen molar-refractivity contribution in [2.24, 2.45) is 0 Å². The summed E-state index contributed by atoms with van der Waals surface area (Å²) in [5.74, 6) is -0.330. The zero-order chi connectivity index (χ0) is 34.2. The van der Waals surface area contributed by atoms with Crippen LogP contribution in [0.3, 0.4) is 0 Å². The van der Waals surface area contributed by atoms with E-state index < -0.39 is 13.9 Å². The summed E-state index contributed by atoms with van der Waals surface area (Å²) in [4.78, 5) is 22.5. The van der Waals surface area contributed by atoms with Crippen LogP contribution in [0.2, 0.25) is 0 Å². The van der Waals surface area contributed by atoms with Gasteiger partial charge in [0, 0.05) is 13.0 Å². The zero-order valence-corrected chi connectivity index (χ0v) is 31.5. The summed E-state index contributed by atoms with van der Waals surface area (Å²) in [7, 11) is 1.66. The molecule has 0 aliphatic heterocycles. The highest BCUT2D eigenvalue weighted by Crippen LogP contribution is 2.43. The lowest BCUT2D eigenvalue weighted by atomic mass is 10.1. The van der Waals surface area contributed by atoms with Gasteiger partial charge in [-0.2, -0.15) is 0 Å². The van der Waals surface area contributed by atoms with Gasteiger partial charge < -0.3 is 18.9 Å². The quantitative estimate of drug-likeness (QED) is 0.0239. The molecule has 0 aliphatic carbocycles. The van der Waals surface area contributed by atoms with Crippen molar-refractivity contribution in [3.8, 4) is 0 Å². The summed E-state index contributed by atoms with van der Waals surface area (Å²) in [5, 5.41) is 0. The number of nitrogens with zero attached hydrogens (tertiary/aromatic N) is 1. The molecule has 0 aromatic rings. The van der Waals surface area contributed by atoms with Crippen molar-refractivity contribution in [1.29, 1.82) is 0 Å². The van der Waals surface area contributed by atoms with Gasteiger partial charge in [-0.15, -0.1) is 0 Å². The second kappa shape index (κ2) is 31.3. The van der Waals surface area contributed by atoms with E-state index in [0.29, 0.717) is 24.1 Å². The summed E-state index contributed by atoms with van der Waals surface area (Å²) in [6, 6.07) is 0. The monoisotopic (exact) mass is 675 g/mol. The van der Waals surface area contributed by atoms with Crippen LogP contribution in [0.5, 0.6) is 0 Å². The zero-order valence-electron chi connectivity index (χ0n) is 30.6. The van der Waals surface area contributed by atoms with Crippen molar-refractivity contribution in [3.63, 3.8) is 0 Å². The molecule has 0 heterocycles. The molecule has 0 saturated carbocycles. The normalized spacial score (nSPS) is 14.3. The molecule has 0 aromatic heterocycles. The highest BCUT2D eigenvalue weighted by molar-refractivity contribution is 7.47. The average molecular weight is 675 g/mol. The standard InChI is InChI=1S/C37H72NO7P/c1-6-8-10-12-13-14-15-16-17-18-19-20-21-22-23-24-25-27-29-32-42-34-36(45-37(39)30-28-26-11-9-7-2)35-44-46(40,41)43-33-31-38(3,4)5/h14-15,17-18,36H,6-13,16,19-35H2,1-5H3/p+1/b15-14-,18-17-. The molecule has 272 valence electrons. The molecule has 0 aromatic carbocycles. The summed E-state index contributed by atoms with van der Waals surface area (Å²) in [5.41, 5.74) is 0. The Hall–Kier alpha value is -1.02. The molecule has 1 N–H and O–H groups in total. The van der Waals surface area contributed by atoms with Gasteiger partial charge in [0.05, 0.1) is 34.4 Å². The van der Waals surface area contributed by atoms with E-state index in [1.165, 1.54) is 77.0 Å². The number of unbranched alkanes of at least 4 members (excludes halogenated alkanes) is 16. The van der Waals surface area contributed by atoms with Gasteiger partial charge in [0.1, 0.15) is 19.3 Å². The first-order valence-electron chi connectivity index (χ1n) is 18.6. The number of quaternary nitrogens is 1. The number of phosphoric acid groups is 1. The number of likely N-dealkylation sites (N-methyl/N-ethyl adjacent to an activating group) is 1. The third-order valence-corrected chi connectivity index (χ3v) is 8.75. The lowest BCUT2D eigenvalue weighted by Gasteiger charge is -2.24. The van der Waals surface area contributed by atoms with E-state index >= 15 is 0 Å².